The number of furan rings is 1. The number of carbonyl (C=O) groups is 1. The molecular formula is C16H15NO3. The fourth-order valence-electron chi connectivity index (χ4n) is 2.46. The van der Waals surface area contributed by atoms with E-state index >= 15 is 0 Å². The molecule has 2 heterocycles. The van der Waals surface area contributed by atoms with Gasteiger partial charge in [-0.15, -0.1) is 0 Å². The summed E-state index contributed by atoms with van der Waals surface area (Å²) in [6.07, 6.45) is 4.37. The fourth-order valence-corrected chi connectivity index (χ4v) is 2.46. The normalized spacial score (nSPS) is 11.0. The highest BCUT2D eigenvalue weighted by molar-refractivity contribution is 5.84. The van der Waals surface area contributed by atoms with Gasteiger partial charge in [0.2, 0.25) is 0 Å². The molecule has 0 bridgehead atoms. The van der Waals surface area contributed by atoms with Gasteiger partial charge in [-0.25, -0.2) is 0 Å². The molecule has 102 valence electrons. The minimum absolute atomic E-state index is 0.148. The van der Waals surface area contributed by atoms with Crippen molar-refractivity contribution in [3.05, 3.63) is 60.2 Å². The van der Waals surface area contributed by atoms with Crippen LogP contribution in [0.25, 0.3) is 10.9 Å². The molecule has 0 unspecified atom stereocenters. The first-order valence-corrected chi connectivity index (χ1v) is 6.55. The lowest BCUT2D eigenvalue weighted by molar-refractivity contribution is -0.136. The SMILES string of the molecule is O=C(O)CCc1cn(Cc2ccco2)c2ccccc12. The van der Waals surface area contributed by atoms with Gasteiger partial charge in [-0.1, -0.05) is 18.2 Å². The van der Waals surface area contributed by atoms with Crippen molar-refractivity contribution in [1.29, 1.82) is 0 Å². The number of hydrogen-bond acceptors (Lipinski definition) is 2. The summed E-state index contributed by atoms with van der Waals surface area (Å²) in [5, 5.41) is 9.95. The van der Waals surface area contributed by atoms with Crippen LogP contribution in [0, 0.1) is 0 Å². The number of aliphatic carboxylic acids is 1. The van der Waals surface area contributed by atoms with Crippen molar-refractivity contribution in [2.45, 2.75) is 19.4 Å². The second kappa shape index (κ2) is 5.25. The molecule has 20 heavy (non-hydrogen) atoms. The Hall–Kier alpha value is -2.49. The molecule has 4 nitrogen and oxygen atoms in total. The van der Waals surface area contributed by atoms with Crippen LogP contribution in [-0.2, 0) is 17.8 Å². The Kier molecular flexibility index (Phi) is 3.29. The van der Waals surface area contributed by atoms with Gasteiger partial charge < -0.3 is 14.1 Å². The van der Waals surface area contributed by atoms with Gasteiger partial charge in [0.15, 0.2) is 0 Å². The summed E-state index contributed by atoms with van der Waals surface area (Å²) in [7, 11) is 0. The van der Waals surface area contributed by atoms with E-state index < -0.39 is 5.97 Å². The number of fused-ring (bicyclic) bond motifs is 1. The fraction of sp³-hybridized carbons (Fsp3) is 0.188. The molecule has 0 radical (unpaired) electrons. The van der Waals surface area contributed by atoms with E-state index in [-0.39, 0.29) is 6.42 Å². The third-order valence-corrected chi connectivity index (χ3v) is 3.39. The topological polar surface area (TPSA) is 55.4 Å². The van der Waals surface area contributed by atoms with Crippen molar-refractivity contribution < 1.29 is 14.3 Å². The van der Waals surface area contributed by atoms with Gasteiger partial charge in [-0.05, 0) is 30.2 Å². The molecule has 0 spiro atoms. The van der Waals surface area contributed by atoms with Crippen LogP contribution in [0.4, 0.5) is 0 Å². The van der Waals surface area contributed by atoms with Gasteiger partial charge in [0.1, 0.15) is 5.76 Å². The maximum absolute atomic E-state index is 10.8. The minimum atomic E-state index is -0.770. The first kappa shape index (κ1) is 12.5. The largest absolute Gasteiger partial charge is 0.481 e. The molecule has 4 heteroatoms. The highest BCUT2D eigenvalue weighted by Crippen LogP contribution is 2.23. The monoisotopic (exact) mass is 269 g/mol. The molecule has 0 fully saturated rings. The van der Waals surface area contributed by atoms with Crippen LogP contribution in [0.5, 0.6) is 0 Å². The number of carboxylic acids is 1. The zero-order chi connectivity index (χ0) is 13.9. The van der Waals surface area contributed by atoms with Crippen LogP contribution in [0.3, 0.4) is 0 Å². The molecule has 1 N–H and O–H groups in total. The number of aromatic nitrogens is 1. The molecular weight excluding hydrogens is 254 g/mol. The summed E-state index contributed by atoms with van der Waals surface area (Å²) in [6.45, 7) is 0.653. The predicted molar refractivity (Wildman–Crippen MR) is 75.7 cm³/mol. The molecule has 1 aromatic carbocycles. The number of aryl methyl sites for hydroxylation is 1. The van der Waals surface area contributed by atoms with Crippen LogP contribution in [-0.4, -0.2) is 15.6 Å². The highest BCUT2D eigenvalue weighted by atomic mass is 16.4. The molecule has 0 saturated heterocycles. The Bertz CT molecular complexity index is 725. The molecule has 3 rings (SSSR count). The van der Waals surface area contributed by atoms with Crippen LogP contribution >= 0.6 is 0 Å². The average molecular weight is 269 g/mol. The van der Waals surface area contributed by atoms with Gasteiger partial charge in [-0.3, -0.25) is 4.79 Å². The van der Waals surface area contributed by atoms with Crippen molar-refractivity contribution in [2.75, 3.05) is 0 Å². The third kappa shape index (κ3) is 2.45. The Balaban J connectivity index is 1.97. The summed E-state index contributed by atoms with van der Waals surface area (Å²) in [5.41, 5.74) is 2.17. The van der Waals surface area contributed by atoms with E-state index in [9.17, 15) is 4.79 Å². The standard InChI is InChI=1S/C16H15NO3/c18-16(19)8-7-12-10-17(11-13-4-3-9-20-13)15-6-2-1-5-14(12)15/h1-6,9-10H,7-8,11H2,(H,18,19). The molecule has 0 aliphatic rings. The molecule has 2 aromatic heterocycles. The first-order chi connectivity index (χ1) is 9.74. The van der Waals surface area contributed by atoms with E-state index in [0.717, 1.165) is 22.2 Å². The number of nitrogens with zero attached hydrogens (tertiary/aromatic N) is 1. The molecule has 3 aromatic rings. The van der Waals surface area contributed by atoms with Gasteiger partial charge in [-0.2, -0.15) is 0 Å². The van der Waals surface area contributed by atoms with Crippen LogP contribution in [0.15, 0.2) is 53.3 Å². The van der Waals surface area contributed by atoms with Crippen LogP contribution in [0.2, 0.25) is 0 Å². The third-order valence-electron chi connectivity index (χ3n) is 3.39. The predicted octanol–water partition coefficient (Wildman–Crippen LogP) is 3.30. The summed E-state index contributed by atoms with van der Waals surface area (Å²) in [4.78, 5) is 10.8. The van der Waals surface area contributed by atoms with Crippen molar-refractivity contribution in [3.63, 3.8) is 0 Å². The maximum atomic E-state index is 10.8. The summed E-state index contributed by atoms with van der Waals surface area (Å²) >= 11 is 0. The van der Waals surface area contributed by atoms with E-state index in [1.165, 1.54) is 0 Å². The van der Waals surface area contributed by atoms with Gasteiger partial charge in [0.25, 0.3) is 0 Å². The van der Waals surface area contributed by atoms with E-state index in [4.69, 9.17) is 9.52 Å². The molecule has 0 saturated carbocycles. The van der Waals surface area contributed by atoms with E-state index in [1.807, 2.05) is 42.6 Å². The quantitative estimate of drug-likeness (QED) is 0.773. The van der Waals surface area contributed by atoms with E-state index in [2.05, 4.69) is 4.57 Å². The number of para-hydroxylation sites is 1. The van der Waals surface area contributed by atoms with Gasteiger partial charge in [0, 0.05) is 23.5 Å². The van der Waals surface area contributed by atoms with Crippen molar-refractivity contribution in [1.82, 2.24) is 4.57 Å². The van der Waals surface area contributed by atoms with E-state index in [1.54, 1.807) is 6.26 Å². The zero-order valence-electron chi connectivity index (χ0n) is 11.0. The number of rotatable bonds is 5. The Labute approximate surface area is 116 Å². The highest BCUT2D eigenvalue weighted by Gasteiger charge is 2.10. The lowest BCUT2D eigenvalue weighted by atomic mass is 10.1. The minimum Gasteiger partial charge on any atom is -0.481 e. The second-order valence-corrected chi connectivity index (χ2v) is 4.77. The number of carboxylic acid groups (broad SMARTS) is 1. The summed E-state index contributed by atoms with van der Waals surface area (Å²) in [6, 6.07) is 11.8. The lowest BCUT2D eigenvalue weighted by Crippen LogP contribution is -1.98. The smallest absolute Gasteiger partial charge is 0.303 e. The Morgan fingerprint density at radius 2 is 2.05 bits per heavy atom. The van der Waals surface area contributed by atoms with Crippen molar-refractivity contribution >= 4 is 16.9 Å². The van der Waals surface area contributed by atoms with Crippen LogP contribution < -0.4 is 0 Å². The lowest BCUT2D eigenvalue weighted by Gasteiger charge is -2.01. The van der Waals surface area contributed by atoms with Gasteiger partial charge in [0.05, 0.1) is 12.8 Å². The van der Waals surface area contributed by atoms with Gasteiger partial charge >= 0.3 is 5.97 Å². The first-order valence-electron chi connectivity index (χ1n) is 6.55. The van der Waals surface area contributed by atoms with Crippen molar-refractivity contribution in [3.8, 4) is 0 Å². The van der Waals surface area contributed by atoms with Crippen molar-refractivity contribution in [2.24, 2.45) is 0 Å². The zero-order valence-corrected chi connectivity index (χ0v) is 11.0. The maximum Gasteiger partial charge on any atom is 0.303 e. The van der Waals surface area contributed by atoms with Crippen LogP contribution in [0.1, 0.15) is 17.7 Å². The van der Waals surface area contributed by atoms with E-state index in [0.29, 0.717) is 13.0 Å². The Morgan fingerprint density at radius 1 is 1.20 bits per heavy atom. The number of hydrogen-bond donors (Lipinski definition) is 1. The second-order valence-electron chi connectivity index (χ2n) is 4.77. The molecule has 0 aliphatic carbocycles. The summed E-state index contributed by atoms with van der Waals surface area (Å²) in [5.74, 6) is 0.114. The summed E-state index contributed by atoms with van der Waals surface area (Å²) < 4.78 is 7.48. The molecule has 0 amide bonds. The molecule has 0 aliphatic heterocycles. The Morgan fingerprint density at radius 3 is 2.80 bits per heavy atom. The average Bonchev–Trinajstić information content (AvgIpc) is 3.06. The molecule has 0 atom stereocenters. The number of benzene rings is 1.